The summed E-state index contributed by atoms with van der Waals surface area (Å²) >= 11 is 0. The predicted octanol–water partition coefficient (Wildman–Crippen LogP) is 0.966. The first kappa shape index (κ1) is 12.6. The van der Waals surface area contributed by atoms with Gasteiger partial charge < -0.3 is 5.43 Å². The van der Waals surface area contributed by atoms with Gasteiger partial charge in [-0.25, -0.2) is 5.84 Å². The number of nitrogens with zero attached hydrogens (tertiary/aromatic N) is 3. The van der Waals surface area contributed by atoms with Gasteiger partial charge in [-0.2, -0.15) is 10.2 Å². The fraction of sp³-hybridized carbons (Fsp3) is 0.545. The summed E-state index contributed by atoms with van der Waals surface area (Å²) in [6.07, 6.45) is 0.807. The van der Waals surface area contributed by atoms with Gasteiger partial charge in [0.15, 0.2) is 0 Å². The Kier molecular flexibility index (Phi) is 4.37. The Morgan fingerprint density at radius 1 is 1.50 bits per heavy atom. The predicted molar refractivity (Wildman–Crippen MR) is 65.1 cm³/mol. The van der Waals surface area contributed by atoms with E-state index in [-0.39, 0.29) is 6.04 Å². The summed E-state index contributed by atoms with van der Waals surface area (Å²) in [7, 11) is 0. The standard InChI is InChI=1S/C11H19N5/c1-5-10-9(6-8(4)15-16-10)11(14-12)13-7(2)3/h6-7H,5,12H2,1-4H3,(H,13,14). The largest absolute Gasteiger partial charge is 0.308 e. The number of aliphatic imine (C=N–C) groups is 1. The minimum atomic E-state index is 0.184. The van der Waals surface area contributed by atoms with Gasteiger partial charge in [0.05, 0.1) is 11.4 Å². The average molecular weight is 221 g/mol. The molecule has 0 saturated heterocycles. The zero-order valence-corrected chi connectivity index (χ0v) is 10.3. The van der Waals surface area contributed by atoms with Crippen LogP contribution in [0.4, 0.5) is 0 Å². The molecule has 0 bridgehead atoms. The fourth-order valence-corrected chi connectivity index (χ4v) is 1.42. The van der Waals surface area contributed by atoms with Gasteiger partial charge in [0, 0.05) is 11.6 Å². The number of hydrogen-bond donors (Lipinski definition) is 2. The van der Waals surface area contributed by atoms with Crippen molar-refractivity contribution in [3.05, 3.63) is 23.0 Å². The number of aromatic nitrogens is 2. The molecule has 0 aliphatic heterocycles. The molecule has 3 N–H and O–H groups in total. The van der Waals surface area contributed by atoms with Crippen LogP contribution in [0.1, 0.15) is 37.7 Å². The zero-order valence-electron chi connectivity index (χ0n) is 10.3. The minimum Gasteiger partial charge on any atom is -0.308 e. The van der Waals surface area contributed by atoms with Crippen LogP contribution < -0.4 is 11.3 Å². The molecule has 0 atom stereocenters. The first-order valence-corrected chi connectivity index (χ1v) is 5.46. The van der Waals surface area contributed by atoms with Crippen LogP contribution in [0.2, 0.25) is 0 Å². The number of aryl methyl sites for hydroxylation is 2. The maximum atomic E-state index is 5.50. The van der Waals surface area contributed by atoms with E-state index in [1.165, 1.54) is 0 Å². The van der Waals surface area contributed by atoms with Crippen molar-refractivity contribution in [1.82, 2.24) is 15.6 Å². The van der Waals surface area contributed by atoms with E-state index in [4.69, 9.17) is 5.84 Å². The topological polar surface area (TPSA) is 76.2 Å². The Hall–Kier alpha value is -1.49. The summed E-state index contributed by atoms with van der Waals surface area (Å²) in [5, 5.41) is 8.18. The Bertz CT molecular complexity index is 384. The third-order valence-corrected chi connectivity index (χ3v) is 2.11. The van der Waals surface area contributed by atoms with Crippen LogP contribution in [-0.2, 0) is 6.42 Å². The van der Waals surface area contributed by atoms with E-state index in [1.54, 1.807) is 0 Å². The average Bonchev–Trinajstić information content (AvgIpc) is 2.25. The summed E-state index contributed by atoms with van der Waals surface area (Å²) < 4.78 is 0. The lowest BCUT2D eigenvalue weighted by Gasteiger charge is -2.11. The van der Waals surface area contributed by atoms with Crippen LogP contribution >= 0.6 is 0 Å². The number of amidine groups is 1. The Balaban J connectivity index is 3.22. The Labute approximate surface area is 96.1 Å². The minimum absolute atomic E-state index is 0.184. The highest BCUT2D eigenvalue weighted by atomic mass is 15.3. The van der Waals surface area contributed by atoms with Crippen LogP contribution in [0.3, 0.4) is 0 Å². The van der Waals surface area contributed by atoms with E-state index in [2.05, 4.69) is 20.6 Å². The molecule has 5 heteroatoms. The molecular weight excluding hydrogens is 202 g/mol. The maximum absolute atomic E-state index is 5.50. The summed E-state index contributed by atoms with van der Waals surface area (Å²) in [6, 6.07) is 2.14. The number of hydrazine groups is 1. The highest BCUT2D eigenvalue weighted by molar-refractivity contribution is 5.99. The highest BCUT2D eigenvalue weighted by Gasteiger charge is 2.10. The second-order valence-corrected chi connectivity index (χ2v) is 3.92. The molecule has 0 amide bonds. The van der Waals surface area contributed by atoms with E-state index < -0.39 is 0 Å². The lowest BCUT2D eigenvalue weighted by atomic mass is 10.1. The Morgan fingerprint density at radius 2 is 2.19 bits per heavy atom. The lowest BCUT2D eigenvalue weighted by molar-refractivity contribution is 0.814. The number of nitrogens with one attached hydrogen (secondary N) is 1. The number of rotatable bonds is 3. The molecule has 1 aromatic rings. The van der Waals surface area contributed by atoms with E-state index in [0.29, 0.717) is 5.84 Å². The third kappa shape index (κ3) is 3.00. The van der Waals surface area contributed by atoms with E-state index >= 15 is 0 Å². The van der Waals surface area contributed by atoms with Crippen LogP contribution in [-0.4, -0.2) is 22.1 Å². The molecule has 0 aliphatic carbocycles. The molecule has 0 spiro atoms. The molecule has 16 heavy (non-hydrogen) atoms. The molecule has 0 fully saturated rings. The van der Waals surface area contributed by atoms with E-state index in [1.807, 2.05) is 33.8 Å². The summed E-state index contributed by atoms with van der Waals surface area (Å²) in [5.74, 6) is 6.17. The van der Waals surface area contributed by atoms with Crippen molar-refractivity contribution in [2.45, 2.75) is 40.2 Å². The van der Waals surface area contributed by atoms with Crippen LogP contribution in [0, 0.1) is 6.92 Å². The van der Waals surface area contributed by atoms with Gasteiger partial charge in [-0.3, -0.25) is 4.99 Å². The molecule has 1 aromatic heterocycles. The molecule has 0 saturated carbocycles. The van der Waals surface area contributed by atoms with Crippen molar-refractivity contribution < 1.29 is 0 Å². The zero-order chi connectivity index (χ0) is 12.1. The molecule has 1 rings (SSSR count). The van der Waals surface area contributed by atoms with Crippen molar-refractivity contribution in [2.75, 3.05) is 0 Å². The second kappa shape index (κ2) is 5.55. The normalized spacial score (nSPS) is 12.0. The van der Waals surface area contributed by atoms with Crippen molar-refractivity contribution >= 4 is 5.84 Å². The summed E-state index contributed by atoms with van der Waals surface area (Å²) in [5.41, 5.74) is 5.34. The molecule has 1 heterocycles. The van der Waals surface area contributed by atoms with Gasteiger partial charge in [-0.15, -0.1) is 0 Å². The van der Waals surface area contributed by atoms with Crippen molar-refractivity contribution in [3.63, 3.8) is 0 Å². The molecule has 88 valence electrons. The fourth-order valence-electron chi connectivity index (χ4n) is 1.42. The Morgan fingerprint density at radius 3 is 2.69 bits per heavy atom. The van der Waals surface area contributed by atoms with Crippen molar-refractivity contribution in [2.24, 2.45) is 10.8 Å². The SMILES string of the molecule is CCc1nnc(C)cc1C(=NC(C)C)NN. The maximum Gasteiger partial charge on any atom is 0.144 e. The quantitative estimate of drug-likeness (QED) is 0.345. The van der Waals surface area contributed by atoms with Crippen LogP contribution in [0.25, 0.3) is 0 Å². The molecule has 0 unspecified atom stereocenters. The van der Waals surface area contributed by atoms with Crippen molar-refractivity contribution in [3.8, 4) is 0 Å². The first-order chi connectivity index (χ1) is 7.58. The van der Waals surface area contributed by atoms with Gasteiger partial charge in [-0.05, 0) is 33.3 Å². The monoisotopic (exact) mass is 221 g/mol. The summed E-state index contributed by atoms with van der Waals surface area (Å²) in [6.45, 7) is 7.95. The first-order valence-electron chi connectivity index (χ1n) is 5.46. The smallest absolute Gasteiger partial charge is 0.144 e. The van der Waals surface area contributed by atoms with Crippen LogP contribution in [0.15, 0.2) is 11.1 Å². The highest BCUT2D eigenvalue weighted by Crippen LogP contribution is 2.08. The van der Waals surface area contributed by atoms with Gasteiger partial charge in [-0.1, -0.05) is 6.92 Å². The number of nitrogens with two attached hydrogens (primary N) is 1. The van der Waals surface area contributed by atoms with Gasteiger partial charge in [0.2, 0.25) is 0 Å². The molecular formula is C11H19N5. The van der Waals surface area contributed by atoms with Crippen molar-refractivity contribution in [1.29, 1.82) is 0 Å². The lowest BCUT2D eigenvalue weighted by Crippen LogP contribution is -2.33. The van der Waals surface area contributed by atoms with E-state index in [9.17, 15) is 0 Å². The third-order valence-electron chi connectivity index (χ3n) is 2.11. The molecule has 0 radical (unpaired) electrons. The van der Waals surface area contributed by atoms with Gasteiger partial charge >= 0.3 is 0 Å². The molecule has 5 nitrogen and oxygen atoms in total. The van der Waals surface area contributed by atoms with Crippen LogP contribution in [0.5, 0.6) is 0 Å². The van der Waals surface area contributed by atoms with Gasteiger partial charge in [0.1, 0.15) is 5.84 Å². The second-order valence-electron chi connectivity index (χ2n) is 3.92. The molecule has 0 aromatic carbocycles. The number of hydrogen-bond acceptors (Lipinski definition) is 4. The van der Waals surface area contributed by atoms with Gasteiger partial charge in [0.25, 0.3) is 0 Å². The summed E-state index contributed by atoms with van der Waals surface area (Å²) in [4.78, 5) is 4.43. The van der Waals surface area contributed by atoms with E-state index in [0.717, 1.165) is 23.4 Å². The molecule has 0 aliphatic rings.